The summed E-state index contributed by atoms with van der Waals surface area (Å²) in [7, 11) is 2.26. The molecule has 0 unspecified atom stereocenters. The first kappa shape index (κ1) is 13.4. The van der Waals surface area contributed by atoms with E-state index < -0.39 is 0 Å². The van der Waals surface area contributed by atoms with E-state index in [1.54, 1.807) is 0 Å². The first-order valence-electron chi connectivity index (χ1n) is 7.31. The third-order valence-electron chi connectivity index (χ3n) is 4.69. The Hall–Kier alpha value is -0.570. The summed E-state index contributed by atoms with van der Waals surface area (Å²) in [5, 5.41) is 0.830. The molecule has 0 aliphatic carbocycles. The molecule has 2 fully saturated rings. The van der Waals surface area contributed by atoms with Crippen molar-refractivity contribution in [1.29, 1.82) is 0 Å². The highest BCUT2D eigenvalue weighted by atomic mass is 35.5. The van der Waals surface area contributed by atoms with Gasteiger partial charge in [-0.05, 0) is 62.5 Å². The van der Waals surface area contributed by atoms with Gasteiger partial charge >= 0.3 is 0 Å². The average Bonchev–Trinajstić information content (AvgIpc) is 2.73. The molecule has 2 aliphatic heterocycles. The summed E-state index contributed by atoms with van der Waals surface area (Å²) in [5.41, 5.74) is 1.95. The van der Waals surface area contributed by atoms with Gasteiger partial charge in [0.1, 0.15) is 0 Å². The third-order valence-corrected chi connectivity index (χ3v) is 4.94. The molecule has 0 N–H and O–H groups in total. The molecule has 19 heavy (non-hydrogen) atoms. The van der Waals surface area contributed by atoms with Gasteiger partial charge < -0.3 is 4.90 Å². The predicted molar refractivity (Wildman–Crippen MR) is 80.5 cm³/mol. The van der Waals surface area contributed by atoms with E-state index in [2.05, 4.69) is 29.0 Å². The van der Waals surface area contributed by atoms with Gasteiger partial charge in [-0.1, -0.05) is 23.7 Å². The molecule has 2 nitrogen and oxygen atoms in total. The normalized spacial score (nSPS) is 29.2. The van der Waals surface area contributed by atoms with Crippen LogP contribution in [0.2, 0.25) is 5.02 Å². The summed E-state index contributed by atoms with van der Waals surface area (Å²) in [6.07, 6.45) is 4.14. The summed E-state index contributed by atoms with van der Waals surface area (Å²) in [6.45, 7) is 6.13. The van der Waals surface area contributed by atoms with Crippen LogP contribution in [0.4, 0.5) is 0 Å². The number of likely N-dealkylation sites (tertiary alicyclic amines) is 2. The number of hydrogen-bond acceptors (Lipinski definition) is 2. The number of benzene rings is 1. The number of halogens is 1. The van der Waals surface area contributed by atoms with E-state index in [1.807, 2.05) is 12.1 Å². The molecule has 1 aromatic carbocycles. The van der Waals surface area contributed by atoms with Gasteiger partial charge in [-0.3, -0.25) is 4.90 Å². The fraction of sp³-hybridized carbons (Fsp3) is 0.625. The molecule has 1 spiro atoms. The van der Waals surface area contributed by atoms with Crippen molar-refractivity contribution in [3.8, 4) is 0 Å². The Labute approximate surface area is 121 Å². The zero-order chi connectivity index (χ0) is 13.3. The Kier molecular flexibility index (Phi) is 3.84. The molecule has 3 rings (SSSR count). The van der Waals surface area contributed by atoms with Gasteiger partial charge in [0.05, 0.1) is 0 Å². The quantitative estimate of drug-likeness (QED) is 0.819. The van der Waals surface area contributed by atoms with Crippen molar-refractivity contribution in [2.75, 3.05) is 33.2 Å². The van der Waals surface area contributed by atoms with Crippen LogP contribution in [0.1, 0.15) is 24.8 Å². The van der Waals surface area contributed by atoms with E-state index in [0.717, 1.165) is 11.6 Å². The van der Waals surface area contributed by atoms with Crippen LogP contribution in [-0.2, 0) is 6.54 Å². The minimum atomic E-state index is 0.569. The van der Waals surface area contributed by atoms with E-state index >= 15 is 0 Å². The van der Waals surface area contributed by atoms with Crippen LogP contribution in [0.15, 0.2) is 24.3 Å². The summed E-state index contributed by atoms with van der Waals surface area (Å²) >= 11 is 5.95. The van der Waals surface area contributed by atoms with E-state index in [1.165, 1.54) is 51.0 Å². The minimum absolute atomic E-state index is 0.569. The molecule has 0 aromatic heterocycles. The summed E-state index contributed by atoms with van der Waals surface area (Å²) < 4.78 is 0. The lowest BCUT2D eigenvalue weighted by atomic mass is 9.79. The van der Waals surface area contributed by atoms with Gasteiger partial charge in [0.15, 0.2) is 0 Å². The molecule has 2 heterocycles. The Morgan fingerprint density at radius 2 is 1.89 bits per heavy atom. The third kappa shape index (κ3) is 3.13. The first-order chi connectivity index (χ1) is 9.15. The number of nitrogens with zero attached hydrogens (tertiary/aromatic N) is 2. The van der Waals surface area contributed by atoms with E-state index in [-0.39, 0.29) is 0 Å². The molecular formula is C16H23ClN2. The van der Waals surface area contributed by atoms with Crippen molar-refractivity contribution < 1.29 is 0 Å². The molecule has 1 aromatic rings. The smallest absolute Gasteiger partial charge is 0.0406 e. The van der Waals surface area contributed by atoms with E-state index in [4.69, 9.17) is 11.6 Å². The maximum Gasteiger partial charge on any atom is 0.0406 e. The van der Waals surface area contributed by atoms with Crippen molar-refractivity contribution in [3.63, 3.8) is 0 Å². The molecular weight excluding hydrogens is 256 g/mol. The zero-order valence-corrected chi connectivity index (χ0v) is 12.5. The maximum absolute atomic E-state index is 5.95. The van der Waals surface area contributed by atoms with Gasteiger partial charge in [0.25, 0.3) is 0 Å². The highest BCUT2D eigenvalue weighted by Gasteiger charge is 2.39. The fourth-order valence-electron chi connectivity index (χ4n) is 3.78. The second-order valence-corrected chi connectivity index (χ2v) is 6.86. The molecule has 3 heteroatoms. The lowest BCUT2D eigenvalue weighted by Gasteiger charge is -2.40. The second-order valence-electron chi connectivity index (χ2n) is 6.43. The largest absolute Gasteiger partial charge is 0.306 e. The monoisotopic (exact) mass is 278 g/mol. The van der Waals surface area contributed by atoms with Crippen LogP contribution in [-0.4, -0.2) is 43.0 Å². The van der Waals surface area contributed by atoms with E-state index in [9.17, 15) is 0 Å². The second kappa shape index (κ2) is 5.43. The number of hydrogen-bond donors (Lipinski definition) is 0. The summed E-state index contributed by atoms with van der Waals surface area (Å²) in [4.78, 5) is 5.12. The standard InChI is InChI=1S/C16H23ClN2/c1-18-10-8-16(12-18)7-2-9-19(13-16)11-14-3-5-15(17)6-4-14/h3-6H,2,7-13H2,1H3/t16-/m1/s1. The SMILES string of the molecule is CN1CC[C@]2(CCCN(Cc3ccc(Cl)cc3)C2)C1. The van der Waals surface area contributed by atoms with E-state index in [0.29, 0.717) is 5.41 Å². The molecule has 0 bridgehead atoms. The molecule has 0 radical (unpaired) electrons. The Morgan fingerprint density at radius 3 is 2.58 bits per heavy atom. The number of piperidine rings is 1. The molecule has 0 amide bonds. The van der Waals surface area contributed by atoms with Gasteiger partial charge in [0.2, 0.25) is 0 Å². The lowest BCUT2D eigenvalue weighted by Crippen LogP contribution is -2.44. The predicted octanol–water partition coefficient (Wildman–Crippen LogP) is 3.26. The Morgan fingerprint density at radius 1 is 1.11 bits per heavy atom. The molecule has 1 atom stereocenters. The van der Waals surface area contributed by atoms with Crippen LogP contribution in [0.25, 0.3) is 0 Å². The van der Waals surface area contributed by atoms with Gasteiger partial charge in [-0.2, -0.15) is 0 Å². The van der Waals surface area contributed by atoms with Gasteiger partial charge in [-0.15, -0.1) is 0 Å². The molecule has 2 saturated heterocycles. The maximum atomic E-state index is 5.95. The van der Waals surface area contributed by atoms with Crippen LogP contribution in [0.3, 0.4) is 0 Å². The van der Waals surface area contributed by atoms with Crippen LogP contribution >= 0.6 is 11.6 Å². The Bertz CT molecular complexity index is 427. The van der Waals surface area contributed by atoms with Crippen molar-refractivity contribution in [3.05, 3.63) is 34.9 Å². The lowest BCUT2D eigenvalue weighted by molar-refractivity contribution is 0.0900. The molecule has 0 saturated carbocycles. The average molecular weight is 279 g/mol. The zero-order valence-electron chi connectivity index (χ0n) is 11.7. The highest BCUT2D eigenvalue weighted by molar-refractivity contribution is 6.30. The molecule has 2 aliphatic rings. The van der Waals surface area contributed by atoms with Crippen molar-refractivity contribution in [2.45, 2.75) is 25.8 Å². The summed E-state index contributed by atoms with van der Waals surface area (Å²) in [6, 6.07) is 8.31. The van der Waals surface area contributed by atoms with Crippen molar-refractivity contribution in [1.82, 2.24) is 9.80 Å². The van der Waals surface area contributed by atoms with Crippen molar-refractivity contribution >= 4 is 11.6 Å². The Balaban J connectivity index is 1.64. The van der Waals surface area contributed by atoms with Gasteiger partial charge in [0, 0.05) is 24.7 Å². The van der Waals surface area contributed by atoms with Crippen LogP contribution in [0, 0.1) is 5.41 Å². The summed E-state index contributed by atoms with van der Waals surface area (Å²) in [5.74, 6) is 0. The van der Waals surface area contributed by atoms with Crippen LogP contribution in [0.5, 0.6) is 0 Å². The van der Waals surface area contributed by atoms with Gasteiger partial charge in [-0.25, -0.2) is 0 Å². The first-order valence-corrected chi connectivity index (χ1v) is 7.68. The van der Waals surface area contributed by atoms with Crippen LogP contribution < -0.4 is 0 Å². The highest BCUT2D eigenvalue weighted by Crippen LogP contribution is 2.38. The number of rotatable bonds is 2. The molecule has 104 valence electrons. The minimum Gasteiger partial charge on any atom is -0.306 e. The van der Waals surface area contributed by atoms with Crippen molar-refractivity contribution in [2.24, 2.45) is 5.41 Å². The topological polar surface area (TPSA) is 6.48 Å². The fourth-order valence-corrected chi connectivity index (χ4v) is 3.91.